The van der Waals surface area contributed by atoms with Crippen LogP contribution in [0.3, 0.4) is 0 Å². The molecule has 0 atom stereocenters. The molecule has 3 heterocycles. The Morgan fingerprint density at radius 3 is 2.54 bits per heavy atom. The number of pyridine rings is 1. The Kier molecular flexibility index (Phi) is 7.82. The van der Waals surface area contributed by atoms with Crippen molar-refractivity contribution in [2.24, 2.45) is 5.92 Å². The van der Waals surface area contributed by atoms with Crippen LogP contribution in [0, 0.1) is 5.92 Å². The largest absolute Gasteiger partial charge is 0.382 e. The monoisotopic (exact) mass is 473 g/mol. The number of rotatable bonds is 9. The summed E-state index contributed by atoms with van der Waals surface area (Å²) in [4.78, 5) is 40.4. The molecule has 0 amide bonds. The summed E-state index contributed by atoms with van der Waals surface area (Å²) in [5.74, 6) is 0.210. The minimum absolute atomic E-state index is 0.0481. The van der Waals surface area contributed by atoms with Crippen LogP contribution in [0.15, 0.2) is 48.9 Å². The number of carbonyl (C=O) groups is 2. The van der Waals surface area contributed by atoms with E-state index in [-0.39, 0.29) is 35.4 Å². The maximum Gasteiger partial charge on any atom is 0.189 e. The van der Waals surface area contributed by atoms with Crippen molar-refractivity contribution in [1.82, 2.24) is 15.0 Å². The van der Waals surface area contributed by atoms with Gasteiger partial charge in [-0.1, -0.05) is 38.1 Å². The van der Waals surface area contributed by atoms with Gasteiger partial charge in [-0.05, 0) is 18.1 Å². The first-order chi connectivity index (χ1) is 16.9. The third-order valence-corrected chi connectivity index (χ3v) is 6.20. The summed E-state index contributed by atoms with van der Waals surface area (Å²) in [5, 5.41) is 0. The van der Waals surface area contributed by atoms with Crippen molar-refractivity contribution >= 4 is 23.1 Å². The molecule has 1 aliphatic heterocycles. The van der Waals surface area contributed by atoms with Crippen LogP contribution < -0.4 is 10.6 Å². The third kappa shape index (κ3) is 6.08. The molecule has 1 saturated heterocycles. The molecular weight excluding hydrogens is 442 g/mol. The van der Waals surface area contributed by atoms with Gasteiger partial charge in [0.15, 0.2) is 11.6 Å². The Balaban J connectivity index is 1.50. The Bertz CT molecular complexity index is 1190. The molecule has 0 unspecified atom stereocenters. The molecule has 0 aliphatic carbocycles. The predicted molar refractivity (Wildman–Crippen MR) is 135 cm³/mol. The number of nitrogens with zero attached hydrogens (tertiary/aromatic N) is 4. The number of anilines is 2. The number of nitrogen functional groups attached to an aromatic ring is 1. The third-order valence-electron chi connectivity index (χ3n) is 6.20. The highest BCUT2D eigenvalue weighted by molar-refractivity contribution is 6.00. The van der Waals surface area contributed by atoms with Gasteiger partial charge in [-0.25, -0.2) is 9.97 Å². The number of ether oxygens (including phenoxy) is 1. The van der Waals surface area contributed by atoms with Crippen molar-refractivity contribution in [3.05, 3.63) is 65.7 Å². The number of morpholine rings is 1. The summed E-state index contributed by atoms with van der Waals surface area (Å²) in [7, 11) is 0. The molecule has 0 radical (unpaired) electrons. The molecule has 182 valence electrons. The lowest BCUT2D eigenvalue weighted by Gasteiger charge is -2.30. The molecule has 0 saturated carbocycles. The number of hydrogen-bond donors (Lipinski definition) is 1. The Morgan fingerprint density at radius 2 is 1.83 bits per heavy atom. The fourth-order valence-electron chi connectivity index (χ4n) is 4.07. The number of hydrogen-bond acceptors (Lipinski definition) is 8. The van der Waals surface area contributed by atoms with Crippen LogP contribution in [0.2, 0.25) is 0 Å². The molecule has 8 heteroatoms. The van der Waals surface area contributed by atoms with Crippen LogP contribution in [0.1, 0.15) is 41.9 Å². The van der Waals surface area contributed by atoms with E-state index in [4.69, 9.17) is 10.5 Å². The average molecular weight is 474 g/mol. The summed E-state index contributed by atoms with van der Waals surface area (Å²) >= 11 is 0. The van der Waals surface area contributed by atoms with E-state index < -0.39 is 0 Å². The van der Waals surface area contributed by atoms with Gasteiger partial charge in [-0.2, -0.15) is 0 Å². The van der Waals surface area contributed by atoms with Crippen molar-refractivity contribution in [1.29, 1.82) is 0 Å². The second kappa shape index (κ2) is 11.2. The van der Waals surface area contributed by atoms with Crippen molar-refractivity contribution < 1.29 is 14.3 Å². The molecule has 35 heavy (non-hydrogen) atoms. The van der Waals surface area contributed by atoms with E-state index in [2.05, 4.69) is 19.9 Å². The molecule has 2 N–H and O–H groups in total. The molecule has 1 fully saturated rings. The van der Waals surface area contributed by atoms with Gasteiger partial charge < -0.3 is 15.4 Å². The molecule has 4 rings (SSSR count). The molecule has 0 bridgehead atoms. The fraction of sp³-hybridized carbons (Fsp3) is 0.370. The topological polar surface area (TPSA) is 111 Å². The smallest absolute Gasteiger partial charge is 0.189 e. The first-order valence-corrected chi connectivity index (χ1v) is 12.0. The lowest BCUT2D eigenvalue weighted by atomic mass is 10.00. The molecule has 1 aliphatic rings. The molecule has 8 nitrogen and oxygen atoms in total. The maximum absolute atomic E-state index is 13.2. The molecule has 3 aromatic rings. The van der Waals surface area contributed by atoms with Gasteiger partial charge in [-0.15, -0.1) is 0 Å². The van der Waals surface area contributed by atoms with Gasteiger partial charge in [0.05, 0.1) is 25.1 Å². The summed E-state index contributed by atoms with van der Waals surface area (Å²) in [6.07, 6.45) is 6.39. The van der Waals surface area contributed by atoms with Gasteiger partial charge in [0.2, 0.25) is 0 Å². The molecule has 2 aromatic heterocycles. The van der Waals surface area contributed by atoms with Crippen LogP contribution in [-0.2, 0) is 22.4 Å². The van der Waals surface area contributed by atoms with Gasteiger partial charge in [0, 0.05) is 61.1 Å². The zero-order valence-corrected chi connectivity index (χ0v) is 20.2. The van der Waals surface area contributed by atoms with Crippen LogP contribution in [0.25, 0.3) is 11.3 Å². The first kappa shape index (κ1) is 24.5. The van der Waals surface area contributed by atoms with E-state index >= 15 is 0 Å². The van der Waals surface area contributed by atoms with Crippen LogP contribution in [-0.4, -0.2) is 52.8 Å². The van der Waals surface area contributed by atoms with Crippen LogP contribution in [0.4, 0.5) is 11.5 Å². The Labute approximate surface area is 205 Å². The number of carbonyl (C=O) groups excluding carboxylic acids is 2. The van der Waals surface area contributed by atoms with E-state index in [1.165, 1.54) is 0 Å². The summed E-state index contributed by atoms with van der Waals surface area (Å²) < 4.78 is 5.45. The molecule has 0 spiro atoms. The van der Waals surface area contributed by atoms with Gasteiger partial charge >= 0.3 is 0 Å². The standard InChI is InChI=1S/C27H31N5O3/c1-18(2)24(33)8-5-19-3-6-20(7-4-19)22-17-30-27(28)26(31-22)25(34)15-21-16-29-10-9-23(21)32-11-13-35-14-12-32/h3-4,6-7,9-10,16-18H,5,8,11-15H2,1-2H3,(H2,28,30). The maximum atomic E-state index is 13.2. The zero-order chi connectivity index (χ0) is 24.8. The van der Waals surface area contributed by atoms with Crippen molar-refractivity contribution in [2.45, 2.75) is 33.1 Å². The van der Waals surface area contributed by atoms with Crippen LogP contribution in [0.5, 0.6) is 0 Å². The second-order valence-electron chi connectivity index (χ2n) is 9.01. The van der Waals surface area contributed by atoms with Crippen molar-refractivity contribution in [3.63, 3.8) is 0 Å². The average Bonchev–Trinajstić information content (AvgIpc) is 2.88. The van der Waals surface area contributed by atoms with Crippen LogP contribution >= 0.6 is 0 Å². The second-order valence-corrected chi connectivity index (χ2v) is 9.01. The van der Waals surface area contributed by atoms with E-state index in [1.807, 2.05) is 44.2 Å². The lowest BCUT2D eigenvalue weighted by molar-refractivity contribution is -0.121. The number of aryl methyl sites for hydroxylation is 1. The zero-order valence-electron chi connectivity index (χ0n) is 20.2. The Morgan fingerprint density at radius 1 is 1.09 bits per heavy atom. The van der Waals surface area contributed by atoms with E-state index in [9.17, 15) is 9.59 Å². The van der Waals surface area contributed by atoms with E-state index in [1.54, 1.807) is 18.6 Å². The van der Waals surface area contributed by atoms with E-state index in [0.717, 1.165) is 35.5 Å². The minimum Gasteiger partial charge on any atom is -0.382 e. The summed E-state index contributed by atoms with van der Waals surface area (Å²) in [6, 6.07) is 9.75. The highest BCUT2D eigenvalue weighted by Gasteiger charge is 2.20. The number of benzene rings is 1. The molecule has 1 aromatic carbocycles. The highest BCUT2D eigenvalue weighted by Crippen LogP contribution is 2.24. The van der Waals surface area contributed by atoms with E-state index in [0.29, 0.717) is 31.7 Å². The number of nitrogens with two attached hydrogens (primary N) is 1. The number of aromatic nitrogens is 3. The van der Waals surface area contributed by atoms with Crippen molar-refractivity contribution in [3.8, 4) is 11.3 Å². The number of Topliss-reactive ketones (excluding diaryl/α,β-unsaturated/α-hetero) is 2. The van der Waals surface area contributed by atoms with Gasteiger partial charge in [0.25, 0.3) is 0 Å². The first-order valence-electron chi connectivity index (χ1n) is 12.0. The number of ketones is 2. The quantitative estimate of drug-likeness (QED) is 0.470. The predicted octanol–water partition coefficient (Wildman–Crippen LogP) is 3.54. The minimum atomic E-state index is -0.205. The SMILES string of the molecule is CC(C)C(=O)CCc1ccc(-c2cnc(N)c(C(=O)Cc3cnccc3N3CCOCC3)n2)cc1. The molecular formula is C27H31N5O3. The van der Waals surface area contributed by atoms with Gasteiger partial charge in [-0.3, -0.25) is 14.6 Å². The summed E-state index contributed by atoms with van der Waals surface area (Å²) in [5.41, 5.74) is 10.5. The van der Waals surface area contributed by atoms with Crippen molar-refractivity contribution in [2.75, 3.05) is 36.9 Å². The normalized spacial score (nSPS) is 13.7. The summed E-state index contributed by atoms with van der Waals surface area (Å²) in [6.45, 7) is 6.68. The van der Waals surface area contributed by atoms with Gasteiger partial charge in [0.1, 0.15) is 11.5 Å². The lowest BCUT2D eigenvalue weighted by Crippen LogP contribution is -2.37. The Hall–Kier alpha value is -3.65. The highest BCUT2D eigenvalue weighted by atomic mass is 16.5. The fourth-order valence-corrected chi connectivity index (χ4v) is 4.07.